The lowest BCUT2D eigenvalue weighted by molar-refractivity contribution is 0.0557. The average molecular weight is 342 g/mol. The molecule has 0 saturated heterocycles. The fourth-order valence-electron chi connectivity index (χ4n) is 2.94. The number of hydrogen-bond acceptors (Lipinski definition) is 4. The minimum Gasteiger partial charge on any atom is -0.393 e. The van der Waals surface area contributed by atoms with Crippen molar-refractivity contribution in [1.29, 1.82) is 0 Å². The van der Waals surface area contributed by atoms with Crippen LogP contribution in [-0.2, 0) is 0 Å². The molecule has 0 unspecified atom stereocenters. The highest BCUT2D eigenvalue weighted by Gasteiger charge is 2.30. The first-order valence-corrected chi connectivity index (χ1v) is 8.35. The van der Waals surface area contributed by atoms with Crippen LogP contribution in [0.5, 0.6) is 0 Å². The zero-order chi connectivity index (χ0) is 18.0. The van der Waals surface area contributed by atoms with Gasteiger partial charge in [0.2, 0.25) is 0 Å². The third-order valence-corrected chi connectivity index (χ3v) is 4.53. The summed E-state index contributed by atoms with van der Waals surface area (Å²) in [7, 11) is 1.53. The van der Waals surface area contributed by atoms with Gasteiger partial charge in [-0.3, -0.25) is 14.3 Å². The fraction of sp³-hybridized carbons (Fsp3) is 0.389. The number of aromatic nitrogens is 2. The molecule has 0 aliphatic heterocycles. The van der Waals surface area contributed by atoms with Gasteiger partial charge in [-0.2, -0.15) is 5.10 Å². The molecule has 2 aromatic rings. The number of hydrogen-bond donors (Lipinski definition) is 3. The average Bonchev–Trinajstić information content (AvgIpc) is 3.05. The Hall–Kier alpha value is -2.67. The highest BCUT2D eigenvalue weighted by Crippen LogP contribution is 2.22. The molecule has 7 heteroatoms. The van der Waals surface area contributed by atoms with Gasteiger partial charge in [-0.15, -0.1) is 0 Å². The van der Waals surface area contributed by atoms with E-state index in [1.165, 1.54) is 13.1 Å². The Kier molecular flexibility index (Phi) is 4.85. The SMILES string of the molecule is CNC(=O)c1cc(C(=O)N[C@H]2C[C@@H](O)C2)n([C@@H](C)c2ccccc2)n1. The van der Waals surface area contributed by atoms with Crippen molar-refractivity contribution in [1.82, 2.24) is 20.4 Å². The fourth-order valence-corrected chi connectivity index (χ4v) is 2.94. The lowest BCUT2D eigenvalue weighted by atomic mass is 9.89. The van der Waals surface area contributed by atoms with E-state index in [0.717, 1.165) is 5.56 Å². The number of aliphatic hydroxyl groups excluding tert-OH is 1. The number of carbonyl (C=O) groups excluding carboxylic acids is 2. The number of benzene rings is 1. The van der Waals surface area contributed by atoms with E-state index in [1.807, 2.05) is 37.3 Å². The largest absolute Gasteiger partial charge is 0.393 e. The van der Waals surface area contributed by atoms with Gasteiger partial charge in [-0.1, -0.05) is 30.3 Å². The van der Waals surface area contributed by atoms with Gasteiger partial charge in [0.15, 0.2) is 5.69 Å². The van der Waals surface area contributed by atoms with Crippen molar-refractivity contribution in [2.24, 2.45) is 0 Å². The molecule has 0 radical (unpaired) electrons. The first-order chi connectivity index (χ1) is 12.0. The summed E-state index contributed by atoms with van der Waals surface area (Å²) >= 11 is 0. The standard InChI is InChI=1S/C18H22N4O3/c1-11(12-6-4-3-5-7-12)22-16(10-15(21-22)17(24)19-2)18(25)20-13-8-14(23)9-13/h3-7,10-11,13-14,23H,8-9H2,1-2H3,(H,19,24)(H,20,25)/t11-,13-,14+/m0/s1. The lowest BCUT2D eigenvalue weighted by Crippen LogP contribution is -2.47. The number of amides is 2. The first-order valence-electron chi connectivity index (χ1n) is 8.35. The van der Waals surface area contributed by atoms with Crippen LogP contribution in [0.2, 0.25) is 0 Å². The molecule has 1 saturated carbocycles. The summed E-state index contributed by atoms with van der Waals surface area (Å²) < 4.78 is 1.57. The summed E-state index contributed by atoms with van der Waals surface area (Å²) in [6.07, 6.45) is 0.757. The van der Waals surface area contributed by atoms with Gasteiger partial charge in [0.05, 0.1) is 12.1 Å². The van der Waals surface area contributed by atoms with E-state index in [9.17, 15) is 14.7 Å². The molecule has 1 fully saturated rings. The molecule has 7 nitrogen and oxygen atoms in total. The predicted octanol–water partition coefficient (Wildman–Crippen LogP) is 1.11. The minimum atomic E-state index is -0.347. The lowest BCUT2D eigenvalue weighted by Gasteiger charge is -2.32. The third-order valence-electron chi connectivity index (χ3n) is 4.53. The molecule has 1 atom stereocenters. The molecule has 3 N–H and O–H groups in total. The molecule has 0 spiro atoms. The van der Waals surface area contributed by atoms with Crippen molar-refractivity contribution in [2.45, 2.75) is 38.0 Å². The van der Waals surface area contributed by atoms with E-state index in [4.69, 9.17) is 0 Å². The van der Waals surface area contributed by atoms with E-state index in [1.54, 1.807) is 4.68 Å². The Morgan fingerprint density at radius 3 is 2.52 bits per heavy atom. The van der Waals surface area contributed by atoms with Crippen molar-refractivity contribution < 1.29 is 14.7 Å². The number of aliphatic hydroxyl groups is 1. The smallest absolute Gasteiger partial charge is 0.271 e. The summed E-state index contributed by atoms with van der Waals surface area (Å²) in [4.78, 5) is 24.6. The molecule has 1 aliphatic rings. The van der Waals surface area contributed by atoms with Gasteiger partial charge >= 0.3 is 0 Å². The van der Waals surface area contributed by atoms with Gasteiger partial charge in [-0.25, -0.2) is 0 Å². The molecule has 25 heavy (non-hydrogen) atoms. The second-order valence-corrected chi connectivity index (χ2v) is 6.32. The molecule has 2 amide bonds. The Bertz CT molecular complexity index is 766. The van der Waals surface area contributed by atoms with Crippen LogP contribution in [0.3, 0.4) is 0 Å². The summed E-state index contributed by atoms with van der Waals surface area (Å²) in [6.45, 7) is 1.93. The van der Waals surface area contributed by atoms with Gasteiger partial charge < -0.3 is 15.7 Å². The van der Waals surface area contributed by atoms with Crippen LogP contribution in [0.15, 0.2) is 36.4 Å². The van der Waals surface area contributed by atoms with E-state index in [-0.39, 0.29) is 35.7 Å². The number of carbonyl (C=O) groups is 2. The highest BCUT2D eigenvalue weighted by molar-refractivity contribution is 5.98. The van der Waals surface area contributed by atoms with E-state index < -0.39 is 0 Å². The van der Waals surface area contributed by atoms with Gasteiger partial charge in [0.1, 0.15) is 5.69 Å². The zero-order valence-corrected chi connectivity index (χ0v) is 14.3. The summed E-state index contributed by atoms with van der Waals surface area (Å²) in [5.74, 6) is -0.630. The molecule has 3 rings (SSSR count). The quantitative estimate of drug-likeness (QED) is 0.758. The van der Waals surface area contributed by atoms with Crippen molar-refractivity contribution in [3.63, 3.8) is 0 Å². The molecule has 1 heterocycles. The topological polar surface area (TPSA) is 96.3 Å². The van der Waals surface area contributed by atoms with Gasteiger partial charge in [0.25, 0.3) is 11.8 Å². The zero-order valence-electron chi connectivity index (χ0n) is 14.3. The molecule has 1 aromatic heterocycles. The maximum absolute atomic E-state index is 12.7. The molecule has 1 aromatic carbocycles. The minimum absolute atomic E-state index is 0.0404. The third kappa shape index (κ3) is 3.56. The van der Waals surface area contributed by atoms with Crippen LogP contribution in [0.1, 0.15) is 52.3 Å². The first kappa shape index (κ1) is 17.2. The van der Waals surface area contributed by atoms with Crippen molar-refractivity contribution in [3.8, 4) is 0 Å². The van der Waals surface area contributed by atoms with E-state index in [0.29, 0.717) is 18.5 Å². The Labute approximate surface area is 146 Å². The maximum atomic E-state index is 12.7. The highest BCUT2D eigenvalue weighted by atomic mass is 16.3. The predicted molar refractivity (Wildman–Crippen MR) is 92.4 cm³/mol. The second-order valence-electron chi connectivity index (χ2n) is 6.32. The normalized spacial score (nSPS) is 20.4. The van der Waals surface area contributed by atoms with Crippen LogP contribution in [0.4, 0.5) is 0 Å². The number of nitrogens with one attached hydrogen (secondary N) is 2. The monoisotopic (exact) mass is 342 g/mol. The Balaban J connectivity index is 1.90. The van der Waals surface area contributed by atoms with Crippen LogP contribution in [0.25, 0.3) is 0 Å². The van der Waals surface area contributed by atoms with Crippen molar-refractivity contribution in [3.05, 3.63) is 53.3 Å². The number of nitrogens with zero attached hydrogens (tertiary/aromatic N) is 2. The molecule has 0 bridgehead atoms. The van der Waals surface area contributed by atoms with Crippen molar-refractivity contribution >= 4 is 11.8 Å². The Morgan fingerprint density at radius 2 is 1.92 bits per heavy atom. The van der Waals surface area contributed by atoms with E-state index in [2.05, 4.69) is 15.7 Å². The van der Waals surface area contributed by atoms with Crippen LogP contribution in [0, 0.1) is 0 Å². The Morgan fingerprint density at radius 1 is 1.24 bits per heavy atom. The molecule has 1 aliphatic carbocycles. The second kappa shape index (κ2) is 7.06. The summed E-state index contributed by atoms with van der Waals surface area (Å²) in [5, 5.41) is 19.1. The summed E-state index contributed by atoms with van der Waals surface area (Å²) in [6, 6.07) is 10.9. The summed E-state index contributed by atoms with van der Waals surface area (Å²) in [5.41, 5.74) is 1.52. The molecular formula is C18H22N4O3. The van der Waals surface area contributed by atoms with Crippen LogP contribution < -0.4 is 10.6 Å². The molecule has 132 valence electrons. The van der Waals surface area contributed by atoms with Crippen LogP contribution >= 0.6 is 0 Å². The molecular weight excluding hydrogens is 320 g/mol. The van der Waals surface area contributed by atoms with Crippen molar-refractivity contribution in [2.75, 3.05) is 7.05 Å². The number of rotatable bonds is 5. The van der Waals surface area contributed by atoms with Crippen LogP contribution in [-0.4, -0.2) is 45.9 Å². The van der Waals surface area contributed by atoms with E-state index >= 15 is 0 Å². The van der Waals surface area contributed by atoms with Gasteiger partial charge in [-0.05, 0) is 25.3 Å². The van der Waals surface area contributed by atoms with Gasteiger partial charge in [0, 0.05) is 19.2 Å². The maximum Gasteiger partial charge on any atom is 0.271 e.